The minimum atomic E-state index is -0.301. The zero-order chi connectivity index (χ0) is 17.6. The number of hydrogen-bond donors (Lipinski definition) is 3. The number of nitrogens with zero attached hydrogens (tertiary/aromatic N) is 2. The van der Waals surface area contributed by atoms with Crippen LogP contribution in [0.5, 0.6) is 0 Å². The lowest BCUT2D eigenvalue weighted by Gasteiger charge is -2.05. The van der Waals surface area contributed by atoms with Gasteiger partial charge in [0.15, 0.2) is 5.82 Å². The van der Waals surface area contributed by atoms with Gasteiger partial charge in [0.2, 0.25) is 5.91 Å². The fourth-order valence-electron chi connectivity index (χ4n) is 2.48. The molecule has 0 radical (unpaired) electrons. The molecule has 1 atom stereocenters. The highest BCUT2D eigenvalue weighted by Crippen LogP contribution is 2.25. The minimum Gasteiger partial charge on any atom is -0.370 e. The molecule has 0 aliphatic carbocycles. The molecule has 1 saturated heterocycles. The topological polar surface area (TPSA) is 109 Å². The van der Waals surface area contributed by atoms with Crippen molar-refractivity contribution in [2.24, 2.45) is 0 Å². The molecule has 1 aliphatic rings. The Bertz CT molecular complexity index is 763. The molecule has 130 valence electrons. The highest BCUT2D eigenvalue weighted by atomic mass is 16.5. The third-order valence-corrected chi connectivity index (χ3v) is 3.78. The van der Waals surface area contributed by atoms with Crippen LogP contribution in [0.15, 0.2) is 36.9 Å². The molecule has 8 nitrogen and oxygen atoms in total. The van der Waals surface area contributed by atoms with E-state index >= 15 is 0 Å². The summed E-state index contributed by atoms with van der Waals surface area (Å²) < 4.78 is 5.53. The fourth-order valence-corrected chi connectivity index (χ4v) is 2.48. The Morgan fingerprint density at radius 2 is 2.16 bits per heavy atom. The minimum absolute atomic E-state index is 0.0565. The summed E-state index contributed by atoms with van der Waals surface area (Å²) in [5, 5.41) is 12.3. The number of amides is 2. The van der Waals surface area contributed by atoms with Crippen LogP contribution in [0.2, 0.25) is 0 Å². The largest absolute Gasteiger partial charge is 0.370 e. The predicted molar refractivity (Wildman–Crippen MR) is 90.7 cm³/mol. The van der Waals surface area contributed by atoms with Crippen molar-refractivity contribution in [2.75, 3.05) is 11.9 Å². The zero-order valence-corrected chi connectivity index (χ0v) is 13.6. The van der Waals surface area contributed by atoms with Gasteiger partial charge in [-0.2, -0.15) is 5.10 Å². The van der Waals surface area contributed by atoms with Gasteiger partial charge in [0.25, 0.3) is 5.91 Å². The number of rotatable bonds is 6. The van der Waals surface area contributed by atoms with Crippen LogP contribution in [0.1, 0.15) is 41.0 Å². The van der Waals surface area contributed by atoms with Crippen molar-refractivity contribution >= 4 is 17.5 Å². The van der Waals surface area contributed by atoms with Gasteiger partial charge in [-0.3, -0.25) is 14.7 Å². The number of carbonyl (C=O) groups is 2. The van der Waals surface area contributed by atoms with Crippen LogP contribution in [0.4, 0.5) is 5.69 Å². The summed E-state index contributed by atoms with van der Waals surface area (Å²) in [6, 6.07) is 6.57. The molecular weight excluding hydrogens is 322 g/mol. The van der Waals surface area contributed by atoms with Crippen LogP contribution in [0, 0.1) is 0 Å². The average molecular weight is 341 g/mol. The summed E-state index contributed by atoms with van der Waals surface area (Å²) in [5.41, 5.74) is 1.08. The Balaban J connectivity index is 1.53. The number of anilines is 1. The number of ether oxygens (including phenoxy) is 1. The van der Waals surface area contributed by atoms with Gasteiger partial charge in [-0.15, -0.1) is 0 Å². The lowest BCUT2D eigenvalue weighted by Crippen LogP contribution is -2.23. The third kappa shape index (κ3) is 4.30. The second-order valence-electron chi connectivity index (χ2n) is 5.60. The van der Waals surface area contributed by atoms with Crippen LogP contribution in [-0.4, -0.2) is 33.6 Å². The molecule has 1 aromatic carbocycles. The molecule has 1 aromatic heterocycles. The Morgan fingerprint density at radius 1 is 1.36 bits per heavy atom. The molecule has 1 unspecified atom stereocenters. The summed E-state index contributed by atoms with van der Waals surface area (Å²) in [6.45, 7) is 4.36. The number of aromatic amines is 1. The lowest BCUT2D eigenvalue weighted by molar-refractivity contribution is -0.111. The van der Waals surface area contributed by atoms with Crippen molar-refractivity contribution in [1.82, 2.24) is 20.5 Å². The number of benzene rings is 1. The maximum atomic E-state index is 12.2. The first-order chi connectivity index (χ1) is 12.2. The number of carbonyl (C=O) groups excluding carboxylic acids is 2. The number of aromatic nitrogens is 3. The Hall–Kier alpha value is -3.00. The Kier molecular flexibility index (Phi) is 5.20. The monoisotopic (exact) mass is 341 g/mol. The second kappa shape index (κ2) is 7.71. The van der Waals surface area contributed by atoms with Gasteiger partial charge in [-0.1, -0.05) is 6.58 Å². The predicted octanol–water partition coefficient (Wildman–Crippen LogP) is 1.71. The van der Waals surface area contributed by atoms with E-state index in [4.69, 9.17) is 4.74 Å². The van der Waals surface area contributed by atoms with E-state index < -0.39 is 0 Å². The van der Waals surface area contributed by atoms with Gasteiger partial charge in [-0.05, 0) is 43.2 Å². The number of H-pyrrole nitrogens is 1. The molecule has 1 aliphatic heterocycles. The Morgan fingerprint density at radius 3 is 2.84 bits per heavy atom. The summed E-state index contributed by atoms with van der Waals surface area (Å²) >= 11 is 0. The van der Waals surface area contributed by atoms with Crippen molar-refractivity contribution < 1.29 is 14.3 Å². The van der Waals surface area contributed by atoms with E-state index in [9.17, 15) is 9.59 Å². The first-order valence-corrected chi connectivity index (χ1v) is 8.00. The summed E-state index contributed by atoms with van der Waals surface area (Å²) in [4.78, 5) is 27.7. The van der Waals surface area contributed by atoms with Crippen LogP contribution in [0.3, 0.4) is 0 Å². The smallest absolute Gasteiger partial charge is 0.251 e. The maximum absolute atomic E-state index is 12.2. The SMILES string of the molecule is C=CC(=O)Nc1ccc(C(=O)NCc2nc(C3CCCO3)n[nH]2)cc1. The molecule has 3 N–H and O–H groups in total. The molecule has 2 aromatic rings. The average Bonchev–Trinajstić information content (AvgIpc) is 3.31. The van der Waals surface area contributed by atoms with Crippen molar-refractivity contribution in [1.29, 1.82) is 0 Å². The van der Waals surface area contributed by atoms with Gasteiger partial charge in [-0.25, -0.2) is 4.98 Å². The maximum Gasteiger partial charge on any atom is 0.251 e. The summed E-state index contributed by atoms with van der Waals surface area (Å²) in [7, 11) is 0. The van der Waals surface area contributed by atoms with E-state index in [1.807, 2.05) is 0 Å². The van der Waals surface area contributed by atoms with Crippen molar-refractivity contribution in [2.45, 2.75) is 25.5 Å². The molecule has 8 heteroatoms. The summed E-state index contributed by atoms with van der Waals surface area (Å²) in [5.74, 6) is 0.666. The van der Waals surface area contributed by atoms with E-state index in [2.05, 4.69) is 32.4 Å². The molecule has 2 heterocycles. The fraction of sp³-hybridized carbons (Fsp3) is 0.294. The normalized spacial score (nSPS) is 16.4. The molecule has 2 amide bonds. The first kappa shape index (κ1) is 16.8. The Labute approximate surface area is 144 Å². The van der Waals surface area contributed by atoms with E-state index in [1.54, 1.807) is 24.3 Å². The molecule has 3 rings (SSSR count). The van der Waals surface area contributed by atoms with Crippen molar-refractivity contribution in [3.8, 4) is 0 Å². The van der Waals surface area contributed by atoms with Crippen LogP contribution in [0.25, 0.3) is 0 Å². The molecular formula is C17H19N5O3. The molecule has 0 saturated carbocycles. The van der Waals surface area contributed by atoms with Gasteiger partial charge >= 0.3 is 0 Å². The van der Waals surface area contributed by atoms with Gasteiger partial charge < -0.3 is 15.4 Å². The van der Waals surface area contributed by atoms with Crippen LogP contribution < -0.4 is 10.6 Å². The van der Waals surface area contributed by atoms with Crippen LogP contribution in [-0.2, 0) is 16.1 Å². The van der Waals surface area contributed by atoms with E-state index in [1.165, 1.54) is 6.08 Å². The molecule has 0 spiro atoms. The first-order valence-electron chi connectivity index (χ1n) is 8.00. The van der Waals surface area contributed by atoms with E-state index in [0.29, 0.717) is 22.9 Å². The number of nitrogens with one attached hydrogen (secondary N) is 3. The van der Waals surface area contributed by atoms with Crippen molar-refractivity contribution in [3.63, 3.8) is 0 Å². The van der Waals surface area contributed by atoms with E-state index in [-0.39, 0.29) is 24.5 Å². The number of hydrogen-bond acceptors (Lipinski definition) is 5. The molecule has 0 bridgehead atoms. The molecule has 1 fully saturated rings. The van der Waals surface area contributed by atoms with E-state index in [0.717, 1.165) is 19.4 Å². The lowest BCUT2D eigenvalue weighted by atomic mass is 10.2. The highest BCUT2D eigenvalue weighted by molar-refractivity contribution is 5.99. The van der Waals surface area contributed by atoms with Crippen LogP contribution >= 0.6 is 0 Å². The standard InChI is InChI=1S/C17H19N5O3/c1-2-15(23)19-12-7-5-11(6-8-12)17(24)18-10-14-20-16(22-21-14)13-4-3-9-25-13/h2,5-8,13H,1,3-4,9-10H2,(H,18,24)(H,19,23)(H,20,21,22). The van der Waals surface area contributed by atoms with Gasteiger partial charge in [0, 0.05) is 17.9 Å². The second-order valence-corrected chi connectivity index (χ2v) is 5.60. The summed E-state index contributed by atoms with van der Waals surface area (Å²) in [6.07, 6.45) is 3.05. The zero-order valence-electron chi connectivity index (χ0n) is 13.6. The highest BCUT2D eigenvalue weighted by Gasteiger charge is 2.22. The third-order valence-electron chi connectivity index (χ3n) is 3.78. The van der Waals surface area contributed by atoms with Crippen molar-refractivity contribution in [3.05, 3.63) is 54.1 Å². The van der Waals surface area contributed by atoms with Gasteiger partial charge in [0.1, 0.15) is 11.9 Å². The molecule has 25 heavy (non-hydrogen) atoms. The quantitative estimate of drug-likeness (QED) is 0.693. The van der Waals surface area contributed by atoms with Gasteiger partial charge in [0.05, 0.1) is 6.54 Å².